The predicted molar refractivity (Wildman–Crippen MR) is 95.0 cm³/mol. The molecule has 0 unspecified atom stereocenters. The van der Waals surface area contributed by atoms with E-state index in [2.05, 4.69) is 5.32 Å². The van der Waals surface area contributed by atoms with Crippen LogP contribution >= 0.6 is 0 Å². The summed E-state index contributed by atoms with van der Waals surface area (Å²) in [6.45, 7) is -0.419. The zero-order chi connectivity index (χ0) is 19.2. The fraction of sp³-hybridized carbons (Fsp3) is 0.263. The van der Waals surface area contributed by atoms with Crippen LogP contribution in [0.5, 0.6) is 5.75 Å². The second-order valence-corrected chi connectivity index (χ2v) is 6.10. The van der Waals surface area contributed by atoms with Crippen molar-refractivity contribution in [2.24, 2.45) is 0 Å². The molecule has 27 heavy (non-hydrogen) atoms. The number of esters is 1. The molecule has 0 heterocycles. The van der Waals surface area contributed by atoms with Crippen molar-refractivity contribution in [2.75, 3.05) is 6.61 Å². The van der Waals surface area contributed by atoms with Gasteiger partial charge in [-0.3, -0.25) is 14.9 Å². The van der Waals surface area contributed by atoms with Gasteiger partial charge in [-0.15, -0.1) is 0 Å². The van der Waals surface area contributed by atoms with Crippen molar-refractivity contribution in [3.05, 3.63) is 70.3 Å². The van der Waals surface area contributed by atoms with Crippen LogP contribution in [-0.4, -0.2) is 29.4 Å². The number of ether oxygens (including phenoxy) is 2. The molecule has 0 aromatic heterocycles. The van der Waals surface area contributed by atoms with E-state index in [9.17, 15) is 19.7 Å². The van der Waals surface area contributed by atoms with E-state index in [0.29, 0.717) is 5.56 Å². The molecule has 1 atom stereocenters. The summed E-state index contributed by atoms with van der Waals surface area (Å²) in [6.07, 6.45) is 0.786. The molecule has 1 saturated carbocycles. The van der Waals surface area contributed by atoms with Crippen LogP contribution in [0.25, 0.3) is 0 Å². The maximum absolute atomic E-state index is 12.4. The van der Waals surface area contributed by atoms with Crippen LogP contribution in [0.4, 0.5) is 5.69 Å². The van der Waals surface area contributed by atoms with Crippen LogP contribution < -0.4 is 10.1 Å². The first kappa shape index (κ1) is 18.4. The van der Waals surface area contributed by atoms with Gasteiger partial charge in [-0.05, 0) is 25.0 Å². The van der Waals surface area contributed by atoms with Crippen LogP contribution in [0.15, 0.2) is 54.6 Å². The topological polar surface area (TPSA) is 108 Å². The Labute approximate surface area is 155 Å². The summed E-state index contributed by atoms with van der Waals surface area (Å²) in [5, 5.41) is 13.5. The molecule has 1 N–H and O–H groups in total. The molecule has 0 bridgehead atoms. The fourth-order valence-corrected chi connectivity index (χ4v) is 2.38. The van der Waals surface area contributed by atoms with Crippen LogP contribution in [0.2, 0.25) is 0 Å². The minimum absolute atomic E-state index is 0.0779. The zero-order valence-corrected chi connectivity index (χ0v) is 14.4. The number of nitro benzene ring substituents is 1. The van der Waals surface area contributed by atoms with E-state index in [4.69, 9.17) is 9.47 Å². The highest BCUT2D eigenvalue weighted by Gasteiger charge is 2.30. The predicted octanol–water partition coefficient (Wildman–Crippen LogP) is 2.54. The van der Waals surface area contributed by atoms with E-state index < -0.39 is 23.6 Å². The lowest BCUT2D eigenvalue weighted by Crippen LogP contribution is -2.34. The Hall–Kier alpha value is -3.42. The number of amides is 1. The molecule has 1 fully saturated rings. The second-order valence-electron chi connectivity index (χ2n) is 6.10. The molecule has 2 aromatic carbocycles. The Kier molecular flexibility index (Phi) is 5.65. The summed E-state index contributed by atoms with van der Waals surface area (Å²) in [5.41, 5.74) is 0.491. The van der Waals surface area contributed by atoms with Gasteiger partial charge in [-0.1, -0.05) is 30.3 Å². The maximum Gasteiger partial charge on any atom is 0.345 e. The molecule has 1 aliphatic rings. The number of carbonyl (C=O) groups is 2. The quantitative estimate of drug-likeness (QED) is 0.435. The minimum atomic E-state index is -1.06. The van der Waals surface area contributed by atoms with Crippen molar-refractivity contribution in [2.45, 2.75) is 25.0 Å². The van der Waals surface area contributed by atoms with Gasteiger partial charge in [0.25, 0.3) is 11.6 Å². The SMILES string of the molecule is O=C(COc1ccc([N+](=O)[O-])cc1)O[C@@H](C(=O)NC1CC1)c1ccccc1. The van der Waals surface area contributed by atoms with Gasteiger partial charge in [0, 0.05) is 23.7 Å². The highest BCUT2D eigenvalue weighted by Crippen LogP contribution is 2.23. The van der Waals surface area contributed by atoms with Gasteiger partial charge < -0.3 is 14.8 Å². The Balaban J connectivity index is 1.60. The van der Waals surface area contributed by atoms with Gasteiger partial charge >= 0.3 is 5.97 Å². The molecule has 3 rings (SSSR count). The molecular weight excluding hydrogens is 352 g/mol. The van der Waals surface area contributed by atoms with Crippen molar-refractivity contribution in [1.82, 2.24) is 5.32 Å². The molecule has 1 amide bonds. The molecule has 140 valence electrons. The third-order valence-corrected chi connectivity index (χ3v) is 3.92. The summed E-state index contributed by atoms with van der Waals surface area (Å²) >= 11 is 0. The number of hydrogen-bond acceptors (Lipinski definition) is 6. The Morgan fingerprint density at radius 1 is 1.11 bits per heavy atom. The largest absolute Gasteiger partial charge is 0.482 e. The Bertz CT molecular complexity index is 818. The molecule has 8 heteroatoms. The summed E-state index contributed by atoms with van der Waals surface area (Å²) < 4.78 is 10.6. The Morgan fingerprint density at radius 3 is 2.37 bits per heavy atom. The van der Waals surface area contributed by atoms with Gasteiger partial charge in [0.2, 0.25) is 6.10 Å². The van der Waals surface area contributed by atoms with Gasteiger partial charge in [0.05, 0.1) is 4.92 Å². The van der Waals surface area contributed by atoms with E-state index in [0.717, 1.165) is 12.8 Å². The van der Waals surface area contributed by atoms with Crippen LogP contribution in [0.1, 0.15) is 24.5 Å². The standard InChI is InChI=1S/C19H18N2O6/c22-17(12-26-16-10-8-15(9-11-16)21(24)25)27-18(13-4-2-1-3-5-13)19(23)20-14-6-7-14/h1-5,8-11,14,18H,6-7,12H2,(H,20,23)/t18-/m1/s1. The molecule has 0 aliphatic heterocycles. The van der Waals surface area contributed by atoms with E-state index in [1.165, 1.54) is 24.3 Å². The third-order valence-electron chi connectivity index (χ3n) is 3.92. The number of nitrogens with zero attached hydrogens (tertiary/aromatic N) is 1. The van der Waals surface area contributed by atoms with Crippen molar-refractivity contribution < 1.29 is 24.0 Å². The average Bonchev–Trinajstić information content (AvgIpc) is 3.49. The number of carbonyl (C=O) groups excluding carboxylic acids is 2. The fourth-order valence-electron chi connectivity index (χ4n) is 2.38. The first-order valence-electron chi connectivity index (χ1n) is 8.45. The van der Waals surface area contributed by atoms with Crippen LogP contribution in [0.3, 0.4) is 0 Å². The number of nitro groups is 1. The molecular formula is C19H18N2O6. The smallest absolute Gasteiger partial charge is 0.345 e. The van der Waals surface area contributed by atoms with Gasteiger partial charge in [-0.2, -0.15) is 0 Å². The Morgan fingerprint density at radius 2 is 1.78 bits per heavy atom. The molecule has 0 saturated heterocycles. The van der Waals surface area contributed by atoms with E-state index in [-0.39, 0.29) is 23.4 Å². The maximum atomic E-state index is 12.4. The van der Waals surface area contributed by atoms with Crippen molar-refractivity contribution in [3.63, 3.8) is 0 Å². The lowest BCUT2D eigenvalue weighted by atomic mass is 10.1. The monoisotopic (exact) mass is 370 g/mol. The average molecular weight is 370 g/mol. The van der Waals surface area contributed by atoms with Crippen LogP contribution in [0, 0.1) is 10.1 Å². The first-order chi connectivity index (χ1) is 13.0. The van der Waals surface area contributed by atoms with E-state index >= 15 is 0 Å². The van der Waals surface area contributed by atoms with Crippen molar-refractivity contribution >= 4 is 17.6 Å². The minimum Gasteiger partial charge on any atom is -0.482 e. The number of rotatable bonds is 8. The van der Waals surface area contributed by atoms with Crippen molar-refractivity contribution in [1.29, 1.82) is 0 Å². The third kappa shape index (κ3) is 5.27. The molecule has 2 aromatic rings. The molecule has 0 spiro atoms. The van der Waals surface area contributed by atoms with Crippen molar-refractivity contribution in [3.8, 4) is 5.75 Å². The highest BCUT2D eigenvalue weighted by molar-refractivity contribution is 5.85. The number of non-ortho nitro benzene ring substituents is 1. The number of hydrogen-bond donors (Lipinski definition) is 1. The molecule has 0 radical (unpaired) electrons. The molecule has 8 nitrogen and oxygen atoms in total. The number of benzene rings is 2. The summed E-state index contributed by atoms with van der Waals surface area (Å²) in [6, 6.07) is 14.2. The summed E-state index contributed by atoms with van der Waals surface area (Å²) in [5.74, 6) is -0.795. The van der Waals surface area contributed by atoms with Gasteiger partial charge in [-0.25, -0.2) is 4.79 Å². The summed E-state index contributed by atoms with van der Waals surface area (Å²) in [4.78, 5) is 34.7. The van der Waals surface area contributed by atoms with Gasteiger partial charge in [0.1, 0.15) is 5.75 Å². The number of nitrogens with one attached hydrogen (secondary N) is 1. The lowest BCUT2D eigenvalue weighted by Gasteiger charge is -2.18. The van der Waals surface area contributed by atoms with Crippen LogP contribution in [-0.2, 0) is 14.3 Å². The zero-order valence-electron chi connectivity index (χ0n) is 14.4. The van der Waals surface area contributed by atoms with Gasteiger partial charge in [0.15, 0.2) is 6.61 Å². The van der Waals surface area contributed by atoms with E-state index in [1.807, 2.05) is 0 Å². The summed E-state index contributed by atoms with van der Waals surface area (Å²) in [7, 11) is 0. The van der Waals surface area contributed by atoms with E-state index in [1.54, 1.807) is 30.3 Å². The first-order valence-corrected chi connectivity index (χ1v) is 8.45. The second kappa shape index (κ2) is 8.31. The molecule has 1 aliphatic carbocycles. The highest BCUT2D eigenvalue weighted by atomic mass is 16.6. The lowest BCUT2D eigenvalue weighted by molar-refractivity contribution is -0.384. The normalized spacial score (nSPS) is 14.1.